The summed E-state index contributed by atoms with van der Waals surface area (Å²) in [7, 11) is 3.43. The summed E-state index contributed by atoms with van der Waals surface area (Å²) < 4.78 is 11.1. The van der Waals surface area contributed by atoms with E-state index in [1.165, 1.54) is 11.1 Å². The first-order valence-electron chi connectivity index (χ1n) is 6.95. The number of rotatable bonds is 6. The molecule has 0 radical (unpaired) electrons. The monoisotopic (exact) mass is 278 g/mol. The minimum absolute atomic E-state index is 0.0954. The predicted octanol–water partition coefficient (Wildman–Crippen LogP) is 3.50. The van der Waals surface area contributed by atoms with Crippen molar-refractivity contribution >= 4 is 0 Å². The predicted molar refractivity (Wildman–Crippen MR) is 82.9 cm³/mol. The summed E-state index contributed by atoms with van der Waals surface area (Å²) in [6, 6.07) is 0. The van der Waals surface area contributed by atoms with Crippen molar-refractivity contribution in [3.63, 3.8) is 0 Å². The summed E-state index contributed by atoms with van der Waals surface area (Å²) >= 11 is 0. The maximum Gasteiger partial charge on any atom is 0.125 e. The van der Waals surface area contributed by atoms with Crippen LogP contribution >= 0.6 is 0 Å². The third-order valence-electron chi connectivity index (χ3n) is 3.93. The summed E-state index contributed by atoms with van der Waals surface area (Å²) in [6.45, 7) is 8.34. The lowest BCUT2D eigenvalue weighted by Gasteiger charge is -2.20. The van der Waals surface area contributed by atoms with E-state index >= 15 is 0 Å². The molecule has 0 heterocycles. The molecule has 0 saturated heterocycles. The van der Waals surface area contributed by atoms with Crippen LogP contribution in [0, 0.1) is 20.8 Å². The summed E-state index contributed by atoms with van der Waals surface area (Å²) in [5.41, 5.74) is 5.79. The SMILES string of the molecule is COc1c(C)c(C)c(OC)c(CC/C(C)=C/CO)c1C. The molecule has 0 aliphatic rings. The zero-order chi connectivity index (χ0) is 15.3. The van der Waals surface area contributed by atoms with Crippen molar-refractivity contribution in [3.05, 3.63) is 33.9 Å². The smallest absolute Gasteiger partial charge is 0.125 e. The molecule has 0 saturated carbocycles. The first-order chi connectivity index (χ1) is 9.47. The molecule has 0 amide bonds. The van der Waals surface area contributed by atoms with E-state index in [0.717, 1.165) is 41.0 Å². The van der Waals surface area contributed by atoms with Gasteiger partial charge in [0.1, 0.15) is 11.5 Å². The van der Waals surface area contributed by atoms with Gasteiger partial charge in [0.2, 0.25) is 0 Å². The Hall–Kier alpha value is -1.48. The standard InChI is InChI=1S/C17H26O3/c1-11(9-10-18)7-8-15-14(4)16(19-5)12(2)13(3)17(15)20-6/h9,18H,7-8,10H2,1-6H3/b11-9+. The van der Waals surface area contributed by atoms with Crippen LogP contribution in [-0.4, -0.2) is 25.9 Å². The fourth-order valence-corrected chi connectivity index (χ4v) is 2.62. The van der Waals surface area contributed by atoms with Gasteiger partial charge in [-0.1, -0.05) is 11.6 Å². The molecule has 0 spiro atoms. The molecule has 1 aromatic carbocycles. The molecule has 0 bridgehead atoms. The summed E-state index contributed by atoms with van der Waals surface area (Å²) in [6.07, 6.45) is 3.64. The van der Waals surface area contributed by atoms with E-state index in [9.17, 15) is 0 Å². The number of ether oxygens (including phenoxy) is 2. The third-order valence-corrected chi connectivity index (χ3v) is 3.93. The van der Waals surface area contributed by atoms with Gasteiger partial charge in [-0.25, -0.2) is 0 Å². The Labute approximate surface area is 122 Å². The van der Waals surface area contributed by atoms with Gasteiger partial charge in [-0.05, 0) is 57.2 Å². The average Bonchev–Trinajstić information content (AvgIpc) is 2.42. The van der Waals surface area contributed by atoms with Crippen LogP contribution in [0.2, 0.25) is 0 Å². The van der Waals surface area contributed by atoms with Crippen LogP contribution in [-0.2, 0) is 6.42 Å². The molecule has 3 nitrogen and oxygen atoms in total. The molecule has 0 aromatic heterocycles. The number of aliphatic hydroxyl groups is 1. The Morgan fingerprint density at radius 3 is 2.05 bits per heavy atom. The molecule has 0 unspecified atom stereocenters. The van der Waals surface area contributed by atoms with Gasteiger partial charge in [0.05, 0.1) is 20.8 Å². The topological polar surface area (TPSA) is 38.7 Å². The number of hydrogen-bond donors (Lipinski definition) is 1. The highest BCUT2D eigenvalue weighted by atomic mass is 16.5. The van der Waals surface area contributed by atoms with Crippen molar-refractivity contribution in [1.82, 2.24) is 0 Å². The van der Waals surface area contributed by atoms with E-state index in [1.54, 1.807) is 14.2 Å². The van der Waals surface area contributed by atoms with Crippen molar-refractivity contribution in [1.29, 1.82) is 0 Å². The molecule has 0 aliphatic carbocycles. The summed E-state index contributed by atoms with van der Waals surface area (Å²) in [5, 5.41) is 8.93. The number of methoxy groups -OCH3 is 2. The van der Waals surface area contributed by atoms with Crippen molar-refractivity contribution < 1.29 is 14.6 Å². The largest absolute Gasteiger partial charge is 0.496 e. The molecule has 1 N–H and O–H groups in total. The zero-order valence-corrected chi connectivity index (χ0v) is 13.5. The highest BCUT2D eigenvalue weighted by molar-refractivity contribution is 5.58. The minimum Gasteiger partial charge on any atom is -0.496 e. The Morgan fingerprint density at radius 2 is 1.55 bits per heavy atom. The number of benzene rings is 1. The molecule has 1 rings (SSSR count). The molecule has 0 atom stereocenters. The molecule has 1 aromatic rings. The van der Waals surface area contributed by atoms with Crippen LogP contribution in [0.1, 0.15) is 35.6 Å². The molecule has 0 fully saturated rings. The quantitative estimate of drug-likeness (QED) is 0.809. The normalized spacial score (nSPS) is 11.7. The summed E-state index contributed by atoms with van der Waals surface area (Å²) in [4.78, 5) is 0. The molecule has 112 valence electrons. The zero-order valence-electron chi connectivity index (χ0n) is 13.5. The van der Waals surface area contributed by atoms with E-state index in [0.29, 0.717) is 0 Å². The first-order valence-corrected chi connectivity index (χ1v) is 6.95. The van der Waals surface area contributed by atoms with Gasteiger partial charge in [0.15, 0.2) is 0 Å². The third kappa shape index (κ3) is 3.34. The lowest BCUT2D eigenvalue weighted by atomic mass is 9.93. The van der Waals surface area contributed by atoms with E-state index < -0.39 is 0 Å². The lowest BCUT2D eigenvalue weighted by molar-refractivity contribution is 0.341. The average molecular weight is 278 g/mol. The van der Waals surface area contributed by atoms with Crippen molar-refractivity contribution in [2.24, 2.45) is 0 Å². The number of allylic oxidation sites excluding steroid dienone is 1. The minimum atomic E-state index is 0.0954. The fraction of sp³-hybridized carbons (Fsp3) is 0.529. The van der Waals surface area contributed by atoms with Gasteiger partial charge in [-0.2, -0.15) is 0 Å². The van der Waals surface area contributed by atoms with E-state index in [1.807, 2.05) is 13.0 Å². The van der Waals surface area contributed by atoms with Gasteiger partial charge in [-0.3, -0.25) is 0 Å². The Balaban J connectivity index is 3.23. The number of aliphatic hydroxyl groups excluding tert-OH is 1. The maximum absolute atomic E-state index is 8.93. The number of hydrogen-bond acceptors (Lipinski definition) is 3. The fourth-order valence-electron chi connectivity index (χ4n) is 2.62. The Bertz CT molecular complexity index is 502. The summed E-state index contributed by atoms with van der Waals surface area (Å²) in [5.74, 6) is 1.90. The molecule has 0 aliphatic heterocycles. The van der Waals surface area contributed by atoms with Crippen LogP contribution in [0.3, 0.4) is 0 Å². The second kappa shape index (κ2) is 7.34. The van der Waals surface area contributed by atoms with Gasteiger partial charge in [0, 0.05) is 5.56 Å². The van der Waals surface area contributed by atoms with Crippen molar-refractivity contribution in [3.8, 4) is 11.5 Å². The maximum atomic E-state index is 8.93. The van der Waals surface area contributed by atoms with Crippen LogP contribution in [0.15, 0.2) is 11.6 Å². The van der Waals surface area contributed by atoms with Crippen LogP contribution in [0.5, 0.6) is 11.5 Å². The van der Waals surface area contributed by atoms with Crippen molar-refractivity contribution in [2.45, 2.75) is 40.5 Å². The van der Waals surface area contributed by atoms with Gasteiger partial charge in [0.25, 0.3) is 0 Å². The molecule has 20 heavy (non-hydrogen) atoms. The second-order valence-electron chi connectivity index (χ2n) is 5.15. The van der Waals surface area contributed by atoms with E-state index in [-0.39, 0.29) is 6.61 Å². The van der Waals surface area contributed by atoms with E-state index in [4.69, 9.17) is 14.6 Å². The van der Waals surface area contributed by atoms with E-state index in [2.05, 4.69) is 20.8 Å². The molecular formula is C17H26O3. The van der Waals surface area contributed by atoms with Crippen LogP contribution < -0.4 is 9.47 Å². The van der Waals surface area contributed by atoms with Gasteiger partial charge < -0.3 is 14.6 Å². The van der Waals surface area contributed by atoms with Gasteiger partial charge >= 0.3 is 0 Å². The Morgan fingerprint density at radius 1 is 1.00 bits per heavy atom. The van der Waals surface area contributed by atoms with Crippen molar-refractivity contribution in [2.75, 3.05) is 20.8 Å². The van der Waals surface area contributed by atoms with Crippen LogP contribution in [0.4, 0.5) is 0 Å². The molecular weight excluding hydrogens is 252 g/mol. The van der Waals surface area contributed by atoms with Gasteiger partial charge in [-0.15, -0.1) is 0 Å². The van der Waals surface area contributed by atoms with Crippen LogP contribution in [0.25, 0.3) is 0 Å². The first kappa shape index (κ1) is 16.6. The lowest BCUT2D eigenvalue weighted by Crippen LogP contribution is -2.04. The Kier molecular flexibility index (Phi) is 6.08. The second-order valence-corrected chi connectivity index (χ2v) is 5.15. The highest BCUT2D eigenvalue weighted by Crippen LogP contribution is 2.38. The molecule has 3 heteroatoms. The highest BCUT2D eigenvalue weighted by Gasteiger charge is 2.18.